The van der Waals surface area contributed by atoms with Crippen molar-refractivity contribution >= 4 is 6.09 Å². The Balaban J connectivity index is 2.53. The van der Waals surface area contributed by atoms with Crippen molar-refractivity contribution in [2.75, 3.05) is 13.7 Å². The van der Waals surface area contributed by atoms with E-state index in [4.69, 9.17) is 4.74 Å². The first-order valence-electron chi connectivity index (χ1n) is 4.51. The summed E-state index contributed by atoms with van der Waals surface area (Å²) < 4.78 is 4.96. The van der Waals surface area contributed by atoms with Crippen LogP contribution in [0.2, 0.25) is 0 Å². The summed E-state index contributed by atoms with van der Waals surface area (Å²) >= 11 is 0. The molecule has 1 amide bonds. The van der Waals surface area contributed by atoms with E-state index in [1.807, 2.05) is 7.05 Å². The Labute approximate surface area is 73.7 Å². The van der Waals surface area contributed by atoms with Gasteiger partial charge in [-0.15, -0.1) is 0 Å². The molecule has 1 heterocycles. The minimum absolute atomic E-state index is 0.0624. The fraction of sp³-hybridized carbons (Fsp3) is 0.889. The maximum atomic E-state index is 11.1. The van der Waals surface area contributed by atoms with Crippen LogP contribution in [0.5, 0.6) is 0 Å². The highest BCUT2D eigenvalue weighted by molar-refractivity contribution is 5.70. The second-order valence-electron chi connectivity index (χ2n) is 3.71. The lowest BCUT2D eigenvalue weighted by atomic mass is 9.95. The number of unbranched alkanes of at least 4 members (excludes halogenated alkanes) is 1. The molecule has 1 aliphatic rings. The summed E-state index contributed by atoms with van der Waals surface area (Å²) in [6.07, 6.45) is 3.16. The predicted molar refractivity (Wildman–Crippen MR) is 47.0 cm³/mol. The van der Waals surface area contributed by atoms with Crippen LogP contribution in [0.3, 0.4) is 0 Å². The van der Waals surface area contributed by atoms with Crippen molar-refractivity contribution in [3.63, 3.8) is 0 Å². The number of nitrogens with zero attached hydrogens (tertiary/aromatic N) is 1. The Morgan fingerprint density at radius 2 is 2.33 bits per heavy atom. The van der Waals surface area contributed by atoms with Crippen molar-refractivity contribution < 1.29 is 9.53 Å². The van der Waals surface area contributed by atoms with Gasteiger partial charge in [-0.3, -0.25) is 0 Å². The molecular weight excluding hydrogens is 154 g/mol. The van der Waals surface area contributed by atoms with E-state index in [0.29, 0.717) is 6.61 Å². The van der Waals surface area contributed by atoms with E-state index in [9.17, 15) is 4.79 Å². The molecule has 0 saturated carbocycles. The van der Waals surface area contributed by atoms with Crippen molar-refractivity contribution in [1.82, 2.24) is 4.90 Å². The quantitative estimate of drug-likeness (QED) is 0.650. The number of hydrogen-bond acceptors (Lipinski definition) is 2. The second kappa shape index (κ2) is 3.33. The standard InChI is InChI=1S/C9H17NO2/c1-4-5-6-9(2)7-12-8(11)10(9)3/h4-7H2,1-3H3. The lowest BCUT2D eigenvalue weighted by molar-refractivity contribution is 0.162. The molecule has 3 nitrogen and oxygen atoms in total. The Morgan fingerprint density at radius 3 is 2.75 bits per heavy atom. The van der Waals surface area contributed by atoms with Crippen LogP contribution in [0, 0.1) is 0 Å². The zero-order chi connectivity index (χ0) is 9.19. The third-order valence-corrected chi connectivity index (χ3v) is 2.66. The van der Waals surface area contributed by atoms with Crippen molar-refractivity contribution in [1.29, 1.82) is 0 Å². The molecule has 1 aliphatic heterocycles. The van der Waals surface area contributed by atoms with E-state index >= 15 is 0 Å². The van der Waals surface area contributed by atoms with Crippen molar-refractivity contribution in [3.05, 3.63) is 0 Å². The van der Waals surface area contributed by atoms with E-state index in [0.717, 1.165) is 19.3 Å². The van der Waals surface area contributed by atoms with Gasteiger partial charge in [0.15, 0.2) is 0 Å². The molecule has 0 aromatic carbocycles. The summed E-state index contributed by atoms with van der Waals surface area (Å²) in [7, 11) is 1.81. The van der Waals surface area contributed by atoms with Crippen LogP contribution in [0.15, 0.2) is 0 Å². The van der Waals surface area contributed by atoms with Gasteiger partial charge in [0, 0.05) is 7.05 Å². The molecule has 1 saturated heterocycles. The fourth-order valence-electron chi connectivity index (χ4n) is 1.43. The number of carbonyl (C=O) groups is 1. The molecule has 1 rings (SSSR count). The Kier molecular flexibility index (Phi) is 2.60. The smallest absolute Gasteiger partial charge is 0.410 e. The average Bonchev–Trinajstić information content (AvgIpc) is 2.31. The molecule has 0 aromatic rings. The van der Waals surface area contributed by atoms with Crippen LogP contribution in [0.4, 0.5) is 4.79 Å². The summed E-state index contributed by atoms with van der Waals surface area (Å²) in [5, 5.41) is 0. The Bertz CT molecular complexity index is 181. The largest absolute Gasteiger partial charge is 0.447 e. The first-order chi connectivity index (χ1) is 5.60. The second-order valence-corrected chi connectivity index (χ2v) is 3.71. The molecule has 3 heteroatoms. The number of ether oxygens (including phenoxy) is 1. The Morgan fingerprint density at radius 1 is 1.67 bits per heavy atom. The van der Waals surface area contributed by atoms with E-state index in [1.165, 1.54) is 0 Å². The predicted octanol–water partition coefficient (Wildman–Crippen LogP) is 2.02. The van der Waals surface area contributed by atoms with E-state index in [2.05, 4.69) is 13.8 Å². The molecule has 0 aromatic heterocycles. The summed E-state index contributed by atoms with van der Waals surface area (Å²) in [6, 6.07) is 0. The lowest BCUT2D eigenvalue weighted by Crippen LogP contribution is -2.41. The molecule has 0 bridgehead atoms. The molecule has 70 valence electrons. The highest BCUT2D eigenvalue weighted by Gasteiger charge is 2.40. The molecule has 1 atom stereocenters. The minimum Gasteiger partial charge on any atom is -0.447 e. The zero-order valence-electron chi connectivity index (χ0n) is 8.09. The lowest BCUT2D eigenvalue weighted by Gasteiger charge is -2.28. The fourth-order valence-corrected chi connectivity index (χ4v) is 1.43. The van der Waals surface area contributed by atoms with Gasteiger partial charge in [0.1, 0.15) is 6.61 Å². The minimum atomic E-state index is -0.186. The van der Waals surface area contributed by atoms with Crippen LogP contribution in [0.1, 0.15) is 33.1 Å². The number of rotatable bonds is 3. The van der Waals surface area contributed by atoms with Crippen LogP contribution in [0.25, 0.3) is 0 Å². The molecule has 0 N–H and O–H groups in total. The molecule has 0 aliphatic carbocycles. The van der Waals surface area contributed by atoms with Crippen LogP contribution < -0.4 is 0 Å². The number of amides is 1. The summed E-state index contributed by atoms with van der Waals surface area (Å²) in [5.41, 5.74) is -0.0624. The molecule has 1 unspecified atom stereocenters. The van der Waals surface area contributed by atoms with Gasteiger partial charge in [-0.25, -0.2) is 4.79 Å². The van der Waals surface area contributed by atoms with Gasteiger partial charge in [0.25, 0.3) is 0 Å². The van der Waals surface area contributed by atoms with E-state index in [1.54, 1.807) is 4.90 Å². The highest BCUT2D eigenvalue weighted by atomic mass is 16.6. The summed E-state index contributed by atoms with van der Waals surface area (Å²) in [4.78, 5) is 12.8. The summed E-state index contributed by atoms with van der Waals surface area (Å²) in [6.45, 7) is 4.77. The maximum absolute atomic E-state index is 11.1. The highest BCUT2D eigenvalue weighted by Crippen LogP contribution is 2.27. The maximum Gasteiger partial charge on any atom is 0.410 e. The first-order valence-corrected chi connectivity index (χ1v) is 4.51. The SMILES string of the molecule is CCCCC1(C)COC(=O)N1C. The normalized spacial score (nSPS) is 29.2. The number of carbonyl (C=O) groups excluding carboxylic acids is 1. The number of likely N-dealkylation sites (N-methyl/N-ethyl adjacent to an activating group) is 1. The van der Waals surface area contributed by atoms with E-state index in [-0.39, 0.29) is 11.6 Å². The first kappa shape index (κ1) is 9.36. The van der Waals surface area contributed by atoms with Crippen LogP contribution in [-0.2, 0) is 4.74 Å². The van der Waals surface area contributed by atoms with Crippen LogP contribution >= 0.6 is 0 Å². The molecule has 1 fully saturated rings. The third kappa shape index (κ3) is 1.54. The summed E-state index contributed by atoms with van der Waals surface area (Å²) in [5.74, 6) is 0. The Hall–Kier alpha value is -0.730. The van der Waals surface area contributed by atoms with Crippen LogP contribution in [-0.4, -0.2) is 30.2 Å². The van der Waals surface area contributed by atoms with Gasteiger partial charge in [0.2, 0.25) is 0 Å². The molecular formula is C9H17NO2. The van der Waals surface area contributed by atoms with Crippen molar-refractivity contribution in [2.24, 2.45) is 0 Å². The monoisotopic (exact) mass is 171 g/mol. The van der Waals surface area contributed by atoms with Crippen molar-refractivity contribution in [2.45, 2.75) is 38.6 Å². The van der Waals surface area contributed by atoms with E-state index < -0.39 is 0 Å². The molecule has 12 heavy (non-hydrogen) atoms. The zero-order valence-corrected chi connectivity index (χ0v) is 8.09. The van der Waals surface area contributed by atoms with Gasteiger partial charge in [-0.05, 0) is 13.3 Å². The number of cyclic esters (lactones) is 1. The molecule has 0 radical (unpaired) electrons. The van der Waals surface area contributed by atoms with Gasteiger partial charge in [-0.2, -0.15) is 0 Å². The van der Waals surface area contributed by atoms with Gasteiger partial charge >= 0.3 is 6.09 Å². The van der Waals surface area contributed by atoms with Gasteiger partial charge in [-0.1, -0.05) is 19.8 Å². The third-order valence-electron chi connectivity index (χ3n) is 2.66. The van der Waals surface area contributed by atoms with Gasteiger partial charge in [0.05, 0.1) is 5.54 Å². The number of hydrogen-bond donors (Lipinski definition) is 0. The van der Waals surface area contributed by atoms with Gasteiger partial charge < -0.3 is 9.64 Å². The topological polar surface area (TPSA) is 29.5 Å². The molecule has 0 spiro atoms. The average molecular weight is 171 g/mol. The van der Waals surface area contributed by atoms with Crippen molar-refractivity contribution in [3.8, 4) is 0 Å².